The van der Waals surface area contributed by atoms with Gasteiger partial charge in [-0.3, -0.25) is 14.4 Å². The van der Waals surface area contributed by atoms with Crippen molar-refractivity contribution in [2.45, 2.75) is 84.2 Å². The summed E-state index contributed by atoms with van der Waals surface area (Å²) in [5.74, 6) is 1.10. The van der Waals surface area contributed by atoms with Gasteiger partial charge < -0.3 is 25.2 Å². The van der Waals surface area contributed by atoms with E-state index < -0.39 is 17.4 Å². The lowest BCUT2D eigenvalue weighted by atomic mass is 9.76. The third-order valence-electron chi connectivity index (χ3n) is 10.3. The molecule has 0 saturated carbocycles. The summed E-state index contributed by atoms with van der Waals surface area (Å²) in [6, 6.07) is 11.5. The molecule has 2 aliphatic rings. The fraction of sp³-hybridized carbons (Fsp3) is 0.553. The molecule has 2 aromatic carbocycles. The van der Waals surface area contributed by atoms with E-state index in [4.69, 9.17) is 4.74 Å². The number of fused-ring (bicyclic) bond motifs is 1. The molecule has 2 aliphatic heterocycles. The maximum Gasteiger partial charge on any atom is 0.227 e. The minimum atomic E-state index is -0.549. The number of piperidine rings is 1. The van der Waals surface area contributed by atoms with Crippen LogP contribution in [0.25, 0.3) is 10.9 Å². The molecule has 0 radical (unpaired) electrons. The number of amides is 1. The second-order valence-electron chi connectivity index (χ2n) is 14.7. The number of benzene rings is 2. The third kappa shape index (κ3) is 8.04. The van der Waals surface area contributed by atoms with Crippen molar-refractivity contribution in [3.8, 4) is 5.75 Å². The van der Waals surface area contributed by atoms with Crippen LogP contribution in [0.5, 0.6) is 5.75 Å². The van der Waals surface area contributed by atoms with Crippen molar-refractivity contribution in [2.75, 3.05) is 46.2 Å². The van der Waals surface area contributed by atoms with Gasteiger partial charge in [-0.25, -0.2) is 9.97 Å². The zero-order valence-electron chi connectivity index (χ0n) is 29.6. The molecule has 5 rings (SSSR count). The van der Waals surface area contributed by atoms with Crippen molar-refractivity contribution in [3.63, 3.8) is 0 Å². The van der Waals surface area contributed by atoms with Gasteiger partial charge >= 0.3 is 0 Å². The van der Waals surface area contributed by atoms with E-state index in [1.165, 1.54) is 24.7 Å². The fourth-order valence-electron chi connectivity index (χ4n) is 7.05. The van der Waals surface area contributed by atoms with Gasteiger partial charge in [0.05, 0.1) is 24.7 Å². The maximum atomic E-state index is 14.0. The molecule has 0 bridgehead atoms. The Balaban J connectivity index is 1.35. The molecule has 2 N–H and O–H groups in total. The molecule has 0 aliphatic carbocycles. The van der Waals surface area contributed by atoms with Crippen LogP contribution in [0.15, 0.2) is 42.7 Å². The summed E-state index contributed by atoms with van der Waals surface area (Å²) in [6.45, 7) is 10.5. The van der Waals surface area contributed by atoms with Gasteiger partial charge in [-0.05, 0) is 94.9 Å². The zero-order chi connectivity index (χ0) is 34.6. The maximum absolute atomic E-state index is 14.0. The topological polar surface area (TPSA) is 117 Å². The molecule has 10 nitrogen and oxygen atoms in total. The van der Waals surface area contributed by atoms with E-state index in [9.17, 15) is 14.4 Å². The smallest absolute Gasteiger partial charge is 0.227 e. The van der Waals surface area contributed by atoms with Gasteiger partial charge in [0.2, 0.25) is 5.91 Å². The molecule has 0 spiro atoms. The van der Waals surface area contributed by atoms with Gasteiger partial charge in [-0.2, -0.15) is 0 Å². The number of carbonyl (C=O) groups excluding carboxylic acids is 3. The summed E-state index contributed by atoms with van der Waals surface area (Å²) in [4.78, 5) is 54.0. The predicted molar refractivity (Wildman–Crippen MR) is 190 cm³/mol. The minimum absolute atomic E-state index is 0.00595. The summed E-state index contributed by atoms with van der Waals surface area (Å²) < 4.78 is 5.73. The number of nitrogens with zero attached hydrogens (tertiary/aromatic N) is 4. The van der Waals surface area contributed by atoms with E-state index >= 15 is 0 Å². The Hall–Kier alpha value is -3.89. The van der Waals surface area contributed by atoms with Crippen molar-refractivity contribution in [2.24, 2.45) is 11.3 Å². The largest absolute Gasteiger partial charge is 0.496 e. The van der Waals surface area contributed by atoms with Crippen LogP contribution in [0, 0.1) is 11.3 Å². The molecular weight excluding hydrogens is 604 g/mol. The Morgan fingerprint density at radius 1 is 1.02 bits per heavy atom. The number of ether oxygens (including phenoxy) is 1. The number of Topliss-reactive ketones (excluding diaryl/α,β-unsaturated/α-hetero) is 2. The summed E-state index contributed by atoms with van der Waals surface area (Å²) >= 11 is 0. The Morgan fingerprint density at radius 3 is 2.38 bits per heavy atom. The van der Waals surface area contributed by atoms with E-state index in [-0.39, 0.29) is 36.4 Å². The lowest BCUT2D eigenvalue weighted by Crippen LogP contribution is -2.48. The molecule has 1 amide bonds. The summed E-state index contributed by atoms with van der Waals surface area (Å²) in [6.07, 6.45) is 5.44. The lowest BCUT2D eigenvalue weighted by molar-refractivity contribution is -0.145. The molecule has 3 heterocycles. The van der Waals surface area contributed by atoms with Crippen molar-refractivity contribution in [3.05, 3.63) is 53.9 Å². The molecule has 2 saturated heterocycles. The first-order valence-corrected chi connectivity index (χ1v) is 17.3. The molecule has 2 fully saturated rings. The number of hydrogen-bond acceptors (Lipinski definition) is 9. The first kappa shape index (κ1) is 35.4. The standard InChI is InChI=1S/C38H52N6O4/c1-24(39-5)33(45)21-30(38(2,3)4)37(47)44-16-8-9-32(44)34(46)20-27-19-29-31(22-35(27)48-7)40-23-41-36(29)42-28-12-10-25(11-13-28)26-14-17-43(6)18-15-26/h10-13,19,22-24,26,30,32,39H,8-9,14-18,20-21H2,1-7H3,(H,40,41,42)/t24-,30+,32-/m0/s1. The number of likely N-dealkylation sites (tertiary alicyclic amines) is 2. The average molecular weight is 657 g/mol. The first-order chi connectivity index (χ1) is 22.9. The normalized spacial score (nSPS) is 18.9. The van der Waals surface area contributed by atoms with E-state index in [0.29, 0.717) is 36.0 Å². The van der Waals surface area contributed by atoms with Gasteiger partial charge in [0.15, 0.2) is 5.78 Å². The number of rotatable bonds is 12. The Kier molecular flexibility index (Phi) is 11.2. The average Bonchev–Trinajstić information content (AvgIpc) is 3.57. The van der Waals surface area contributed by atoms with E-state index in [0.717, 1.165) is 36.1 Å². The van der Waals surface area contributed by atoms with Gasteiger partial charge in [0, 0.05) is 48.0 Å². The highest BCUT2D eigenvalue weighted by atomic mass is 16.5. The second kappa shape index (κ2) is 15.1. The SMILES string of the molecule is CN[C@@H](C)C(=O)C[C@H](C(=O)N1CCC[C@H]1C(=O)Cc1cc2c(Nc3ccc(C4CCN(C)CC4)cc3)ncnc2cc1OC)C(C)(C)C. The third-order valence-corrected chi connectivity index (χ3v) is 10.3. The Bertz CT molecular complexity index is 1610. The van der Waals surface area contributed by atoms with Gasteiger partial charge in [0.25, 0.3) is 0 Å². The Labute approximate surface area is 285 Å². The highest BCUT2D eigenvalue weighted by Crippen LogP contribution is 2.36. The molecule has 48 heavy (non-hydrogen) atoms. The van der Waals surface area contributed by atoms with Crippen LogP contribution in [0.1, 0.15) is 76.8 Å². The quantitative estimate of drug-likeness (QED) is 0.260. The van der Waals surface area contributed by atoms with Crippen LogP contribution in [-0.4, -0.2) is 90.2 Å². The minimum Gasteiger partial charge on any atom is -0.496 e. The number of anilines is 2. The number of ketones is 2. The van der Waals surface area contributed by atoms with Crippen molar-refractivity contribution >= 4 is 39.9 Å². The number of aromatic nitrogens is 2. The highest BCUT2D eigenvalue weighted by molar-refractivity contribution is 5.96. The van der Waals surface area contributed by atoms with Crippen LogP contribution < -0.4 is 15.4 Å². The van der Waals surface area contributed by atoms with Crippen LogP contribution in [-0.2, 0) is 20.8 Å². The first-order valence-electron chi connectivity index (χ1n) is 17.3. The van der Waals surface area contributed by atoms with Gasteiger partial charge in [-0.1, -0.05) is 32.9 Å². The monoisotopic (exact) mass is 656 g/mol. The van der Waals surface area contributed by atoms with Crippen LogP contribution in [0.2, 0.25) is 0 Å². The summed E-state index contributed by atoms with van der Waals surface area (Å²) in [7, 11) is 5.51. The molecule has 1 aromatic heterocycles. The van der Waals surface area contributed by atoms with E-state index in [1.807, 2.05) is 39.8 Å². The predicted octanol–water partition coefficient (Wildman–Crippen LogP) is 5.52. The molecule has 3 aromatic rings. The second-order valence-corrected chi connectivity index (χ2v) is 14.7. The van der Waals surface area contributed by atoms with Crippen molar-refractivity contribution < 1.29 is 19.1 Å². The summed E-state index contributed by atoms with van der Waals surface area (Å²) in [5.41, 5.74) is 3.27. The Morgan fingerprint density at radius 2 is 1.73 bits per heavy atom. The zero-order valence-corrected chi connectivity index (χ0v) is 29.6. The van der Waals surface area contributed by atoms with Gasteiger partial charge in [0.1, 0.15) is 23.7 Å². The van der Waals surface area contributed by atoms with E-state index in [2.05, 4.69) is 56.8 Å². The van der Waals surface area contributed by atoms with Gasteiger partial charge in [-0.15, -0.1) is 0 Å². The number of hydrogen-bond donors (Lipinski definition) is 2. The van der Waals surface area contributed by atoms with Crippen molar-refractivity contribution in [1.29, 1.82) is 0 Å². The van der Waals surface area contributed by atoms with E-state index in [1.54, 1.807) is 19.1 Å². The molecule has 0 unspecified atom stereocenters. The van der Waals surface area contributed by atoms with Crippen LogP contribution >= 0.6 is 0 Å². The number of likely N-dealkylation sites (N-methyl/N-ethyl adjacent to an activating group) is 1. The fourth-order valence-corrected chi connectivity index (χ4v) is 7.05. The number of methoxy groups -OCH3 is 1. The molecule has 258 valence electrons. The molecule has 3 atom stereocenters. The highest BCUT2D eigenvalue weighted by Gasteiger charge is 2.42. The molecule has 10 heteroatoms. The van der Waals surface area contributed by atoms with Crippen LogP contribution in [0.4, 0.5) is 11.5 Å². The van der Waals surface area contributed by atoms with Crippen molar-refractivity contribution in [1.82, 2.24) is 25.1 Å². The lowest BCUT2D eigenvalue weighted by Gasteiger charge is -2.35. The summed E-state index contributed by atoms with van der Waals surface area (Å²) in [5, 5.41) is 7.23. The number of carbonyl (C=O) groups is 3. The van der Waals surface area contributed by atoms with Crippen LogP contribution in [0.3, 0.4) is 0 Å². The molecular formula is C38H52N6O4. The number of nitrogens with one attached hydrogen (secondary N) is 2.